The monoisotopic (exact) mass is 229 g/mol. The predicted octanol–water partition coefficient (Wildman–Crippen LogP) is 3.35. The van der Waals surface area contributed by atoms with Gasteiger partial charge in [0.15, 0.2) is 0 Å². The summed E-state index contributed by atoms with van der Waals surface area (Å²) in [4.78, 5) is 2.69. The Morgan fingerprint density at radius 1 is 0.882 bits per heavy atom. The normalized spacial score (nSPS) is 22.8. The molecule has 92 valence electrons. The Balaban J connectivity index is 1.44. The average Bonchev–Trinajstić information content (AvgIpc) is 3.17. The molecule has 1 aromatic rings. The first kappa shape index (κ1) is 11.3. The summed E-state index contributed by atoms with van der Waals surface area (Å²) >= 11 is 0. The van der Waals surface area contributed by atoms with Crippen molar-refractivity contribution in [2.45, 2.75) is 32.1 Å². The molecule has 1 heterocycles. The number of benzene rings is 1. The third-order valence-corrected chi connectivity index (χ3v) is 4.29. The van der Waals surface area contributed by atoms with Crippen LogP contribution in [0.25, 0.3) is 0 Å². The van der Waals surface area contributed by atoms with Crippen molar-refractivity contribution in [2.75, 3.05) is 19.6 Å². The van der Waals surface area contributed by atoms with Gasteiger partial charge in [0.1, 0.15) is 0 Å². The van der Waals surface area contributed by atoms with Gasteiger partial charge in [-0.1, -0.05) is 30.3 Å². The van der Waals surface area contributed by atoms with Crippen LogP contribution in [0.5, 0.6) is 0 Å². The summed E-state index contributed by atoms with van der Waals surface area (Å²) in [6.45, 7) is 4.07. The van der Waals surface area contributed by atoms with Crippen LogP contribution in [-0.2, 0) is 6.42 Å². The number of rotatable bonds is 4. The summed E-state index contributed by atoms with van der Waals surface area (Å²) in [6, 6.07) is 11.0. The van der Waals surface area contributed by atoms with E-state index >= 15 is 0 Å². The van der Waals surface area contributed by atoms with Crippen LogP contribution in [-0.4, -0.2) is 24.5 Å². The lowest BCUT2D eigenvalue weighted by Gasteiger charge is -2.32. The first-order valence-electron chi connectivity index (χ1n) is 7.16. The summed E-state index contributed by atoms with van der Waals surface area (Å²) in [5.74, 6) is 1.98. The highest BCUT2D eigenvalue weighted by Gasteiger charge is 2.26. The summed E-state index contributed by atoms with van der Waals surface area (Å²) in [5.41, 5.74) is 1.52. The standard InChI is InChI=1S/C16H23N/c1-2-4-14(5-3-1)12-15-8-10-17(11-9-15)13-16-6-7-16/h1-5,15-16H,6-13H2. The lowest BCUT2D eigenvalue weighted by atomic mass is 9.90. The quantitative estimate of drug-likeness (QED) is 0.765. The van der Waals surface area contributed by atoms with Crippen molar-refractivity contribution < 1.29 is 0 Å². The van der Waals surface area contributed by atoms with Gasteiger partial charge in [-0.25, -0.2) is 0 Å². The molecule has 0 radical (unpaired) electrons. The van der Waals surface area contributed by atoms with Gasteiger partial charge in [-0.2, -0.15) is 0 Å². The van der Waals surface area contributed by atoms with Crippen LogP contribution in [0.15, 0.2) is 30.3 Å². The Labute approximate surface area is 105 Å². The van der Waals surface area contributed by atoms with Crippen LogP contribution >= 0.6 is 0 Å². The molecule has 0 N–H and O–H groups in total. The van der Waals surface area contributed by atoms with E-state index in [0.717, 1.165) is 11.8 Å². The van der Waals surface area contributed by atoms with Gasteiger partial charge >= 0.3 is 0 Å². The molecule has 1 aliphatic heterocycles. The zero-order valence-electron chi connectivity index (χ0n) is 10.6. The SMILES string of the molecule is c1ccc(CC2CCN(CC3CC3)CC2)cc1. The molecule has 1 nitrogen and oxygen atoms in total. The van der Waals surface area contributed by atoms with Crippen LogP contribution in [0, 0.1) is 11.8 Å². The minimum absolute atomic E-state index is 0.924. The first-order chi connectivity index (χ1) is 8.40. The lowest BCUT2D eigenvalue weighted by molar-refractivity contribution is 0.178. The average molecular weight is 229 g/mol. The van der Waals surface area contributed by atoms with Gasteiger partial charge in [0, 0.05) is 6.54 Å². The second-order valence-corrected chi connectivity index (χ2v) is 5.88. The zero-order valence-corrected chi connectivity index (χ0v) is 10.6. The van der Waals surface area contributed by atoms with Crippen molar-refractivity contribution in [3.63, 3.8) is 0 Å². The largest absolute Gasteiger partial charge is 0.303 e. The number of hydrogen-bond acceptors (Lipinski definition) is 1. The maximum atomic E-state index is 2.69. The summed E-state index contributed by atoms with van der Waals surface area (Å²) in [6.07, 6.45) is 7.08. The van der Waals surface area contributed by atoms with Gasteiger partial charge in [0.25, 0.3) is 0 Å². The van der Waals surface area contributed by atoms with E-state index in [1.807, 2.05) is 0 Å². The fourth-order valence-corrected chi connectivity index (χ4v) is 2.99. The van der Waals surface area contributed by atoms with Crippen molar-refractivity contribution in [3.8, 4) is 0 Å². The molecule has 1 saturated heterocycles. The Bertz CT molecular complexity index is 334. The third-order valence-electron chi connectivity index (χ3n) is 4.29. The van der Waals surface area contributed by atoms with Gasteiger partial charge in [-0.05, 0) is 62.6 Å². The van der Waals surface area contributed by atoms with E-state index in [2.05, 4.69) is 35.2 Å². The summed E-state index contributed by atoms with van der Waals surface area (Å²) in [5, 5.41) is 0. The van der Waals surface area contributed by atoms with Crippen molar-refractivity contribution in [1.82, 2.24) is 4.90 Å². The second kappa shape index (κ2) is 5.22. The van der Waals surface area contributed by atoms with Crippen molar-refractivity contribution in [2.24, 2.45) is 11.8 Å². The first-order valence-corrected chi connectivity index (χ1v) is 7.16. The number of hydrogen-bond donors (Lipinski definition) is 0. The van der Waals surface area contributed by atoms with E-state index in [9.17, 15) is 0 Å². The third kappa shape index (κ3) is 3.32. The number of nitrogens with zero attached hydrogens (tertiary/aromatic N) is 1. The molecule has 0 amide bonds. The maximum Gasteiger partial charge on any atom is 0.000966 e. The molecule has 3 rings (SSSR count). The maximum absolute atomic E-state index is 2.69. The lowest BCUT2D eigenvalue weighted by Crippen LogP contribution is -2.35. The molecule has 0 bridgehead atoms. The van der Waals surface area contributed by atoms with Gasteiger partial charge in [-0.3, -0.25) is 0 Å². The molecule has 0 atom stereocenters. The molecular weight excluding hydrogens is 206 g/mol. The van der Waals surface area contributed by atoms with Crippen molar-refractivity contribution in [1.29, 1.82) is 0 Å². The Morgan fingerprint density at radius 3 is 2.24 bits per heavy atom. The van der Waals surface area contributed by atoms with E-state index in [1.165, 1.54) is 57.3 Å². The van der Waals surface area contributed by atoms with E-state index in [0.29, 0.717) is 0 Å². The molecule has 1 saturated carbocycles. The summed E-state index contributed by atoms with van der Waals surface area (Å²) in [7, 11) is 0. The molecule has 17 heavy (non-hydrogen) atoms. The molecule has 2 fully saturated rings. The Morgan fingerprint density at radius 2 is 1.59 bits per heavy atom. The van der Waals surface area contributed by atoms with Crippen LogP contribution in [0.2, 0.25) is 0 Å². The highest BCUT2D eigenvalue weighted by Crippen LogP contribution is 2.31. The van der Waals surface area contributed by atoms with Crippen molar-refractivity contribution >= 4 is 0 Å². The van der Waals surface area contributed by atoms with Gasteiger partial charge in [-0.15, -0.1) is 0 Å². The van der Waals surface area contributed by atoms with E-state index in [4.69, 9.17) is 0 Å². The minimum atomic E-state index is 0.924. The van der Waals surface area contributed by atoms with Crippen LogP contribution in [0.4, 0.5) is 0 Å². The van der Waals surface area contributed by atoms with E-state index in [-0.39, 0.29) is 0 Å². The number of likely N-dealkylation sites (tertiary alicyclic amines) is 1. The topological polar surface area (TPSA) is 3.24 Å². The van der Waals surface area contributed by atoms with Crippen LogP contribution < -0.4 is 0 Å². The minimum Gasteiger partial charge on any atom is -0.303 e. The smallest absolute Gasteiger partial charge is 0.000966 e. The fraction of sp³-hybridized carbons (Fsp3) is 0.625. The fourth-order valence-electron chi connectivity index (χ4n) is 2.99. The Kier molecular flexibility index (Phi) is 3.46. The molecule has 1 heteroatoms. The molecule has 1 aliphatic carbocycles. The second-order valence-electron chi connectivity index (χ2n) is 5.88. The molecular formula is C16H23N. The molecule has 2 aliphatic rings. The zero-order chi connectivity index (χ0) is 11.5. The Hall–Kier alpha value is -0.820. The van der Waals surface area contributed by atoms with Crippen molar-refractivity contribution in [3.05, 3.63) is 35.9 Å². The molecule has 1 aromatic carbocycles. The molecule has 0 unspecified atom stereocenters. The highest BCUT2D eigenvalue weighted by atomic mass is 15.1. The van der Waals surface area contributed by atoms with Gasteiger partial charge in [0.05, 0.1) is 0 Å². The van der Waals surface area contributed by atoms with E-state index in [1.54, 1.807) is 0 Å². The van der Waals surface area contributed by atoms with E-state index < -0.39 is 0 Å². The number of piperidine rings is 1. The van der Waals surface area contributed by atoms with Crippen LogP contribution in [0.3, 0.4) is 0 Å². The highest BCUT2D eigenvalue weighted by molar-refractivity contribution is 5.15. The van der Waals surface area contributed by atoms with Crippen LogP contribution in [0.1, 0.15) is 31.2 Å². The van der Waals surface area contributed by atoms with Gasteiger partial charge in [0.2, 0.25) is 0 Å². The molecule has 0 spiro atoms. The summed E-state index contributed by atoms with van der Waals surface area (Å²) < 4.78 is 0. The predicted molar refractivity (Wildman–Crippen MR) is 72.0 cm³/mol. The molecule has 0 aromatic heterocycles. The van der Waals surface area contributed by atoms with Gasteiger partial charge < -0.3 is 4.90 Å².